The highest BCUT2D eigenvalue weighted by Crippen LogP contribution is 2.37. The monoisotopic (exact) mass is 1040 g/mol. The minimum atomic E-state index is -2.50. The fraction of sp³-hybridized carbons (Fsp3) is 0.473. The lowest BCUT2D eigenvalue weighted by atomic mass is 9.76. The molecule has 4 heterocycles. The lowest BCUT2D eigenvalue weighted by Gasteiger charge is -2.36. The Kier molecular flexibility index (Phi) is 18.1. The van der Waals surface area contributed by atoms with E-state index in [1.54, 1.807) is 38.0 Å². The summed E-state index contributed by atoms with van der Waals surface area (Å²) in [5.41, 5.74) is 7.73. The first-order valence-electron chi connectivity index (χ1n) is 24.9. The first kappa shape index (κ1) is 54.3. The zero-order valence-corrected chi connectivity index (χ0v) is 45.1. The van der Waals surface area contributed by atoms with Gasteiger partial charge in [-0.3, -0.25) is 19.2 Å². The van der Waals surface area contributed by atoms with Crippen LogP contribution < -0.4 is 20.3 Å². The molecule has 2 aliphatic heterocycles. The summed E-state index contributed by atoms with van der Waals surface area (Å²) in [7, 11) is -0.858. The number of hydrogen-bond donors (Lipinski definition) is 2. The van der Waals surface area contributed by atoms with Gasteiger partial charge in [-0.05, 0) is 61.3 Å². The van der Waals surface area contributed by atoms with Gasteiger partial charge in [0.25, 0.3) is 0 Å². The van der Waals surface area contributed by atoms with Crippen molar-refractivity contribution in [1.29, 1.82) is 0 Å². The molecule has 2 aromatic heterocycles. The molecule has 7 rings (SSSR count). The molecule has 3 aromatic carbocycles. The molecule has 2 aliphatic rings. The van der Waals surface area contributed by atoms with Crippen molar-refractivity contribution in [1.82, 2.24) is 30.1 Å². The van der Waals surface area contributed by atoms with Crippen LogP contribution in [0.2, 0.25) is 5.02 Å². The van der Waals surface area contributed by atoms with E-state index in [1.807, 2.05) is 98.8 Å². The molecular weight excluding hydrogens is 969 g/mol. The molecule has 0 spiro atoms. The molecule has 0 saturated carbocycles. The average molecular weight is 1040 g/mol. The highest BCUT2D eigenvalue weighted by Gasteiger charge is 2.44. The number of β-amino-alcohol motifs (C(OH)–C–C–N with tert-alkyl or cyclic N) is 1. The average Bonchev–Trinajstić information content (AvgIpc) is 3.97. The quantitative estimate of drug-likeness (QED) is 0.0565. The summed E-state index contributed by atoms with van der Waals surface area (Å²) in [6.45, 7) is 14.1. The fourth-order valence-corrected chi connectivity index (χ4v) is 11.9. The molecule has 0 aliphatic carbocycles. The van der Waals surface area contributed by atoms with Crippen LogP contribution in [0.3, 0.4) is 0 Å². The van der Waals surface area contributed by atoms with Crippen LogP contribution in [0.4, 0.5) is 5.69 Å². The Bertz CT molecular complexity index is 2770. The number of halogens is 1. The number of rotatable bonds is 20. The molecule has 72 heavy (non-hydrogen) atoms. The van der Waals surface area contributed by atoms with Crippen LogP contribution in [-0.4, -0.2) is 119 Å². The highest BCUT2D eigenvalue weighted by atomic mass is 35.5. The summed E-state index contributed by atoms with van der Waals surface area (Å²) in [6.07, 6.45) is 4.53. The Morgan fingerprint density at radius 1 is 0.931 bits per heavy atom. The second-order valence-corrected chi connectivity index (χ2v) is 25.0. The van der Waals surface area contributed by atoms with Gasteiger partial charge < -0.3 is 34.4 Å². The number of aromatic nitrogens is 3. The minimum absolute atomic E-state index is 0.0272. The van der Waals surface area contributed by atoms with Crippen molar-refractivity contribution in [3.8, 4) is 16.2 Å². The smallest absolute Gasteiger partial charge is 0.243 e. The van der Waals surface area contributed by atoms with Gasteiger partial charge in [-0.2, -0.15) is 0 Å². The number of amides is 3. The summed E-state index contributed by atoms with van der Waals surface area (Å²) in [5.74, 6) is 0.103. The van der Waals surface area contributed by atoms with Gasteiger partial charge in [-0.15, -0.1) is 11.3 Å². The van der Waals surface area contributed by atoms with Crippen LogP contribution in [0.1, 0.15) is 99.6 Å². The van der Waals surface area contributed by atoms with Crippen molar-refractivity contribution >= 4 is 64.6 Å². The normalized spacial score (nSPS) is 16.7. The van der Waals surface area contributed by atoms with Crippen molar-refractivity contribution in [2.45, 2.75) is 104 Å². The van der Waals surface area contributed by atoms with E-state index in [2.05, 4.69) is 26.3 Å². The van der Waals surface area contributed by atoms with Gasteiger partial charge in [0.2, 0.25) is 17.7 Å². The molecule has 3 amide bonds. The van der Waals surface area contributed by atoms with E-state index in [-0.39, 0.29) is 49.4 Å². The van der Waals surface area contributed by atoms with Crippen molar-refractivity contribution in [2.24, 2.45) is 11.3 Å². The molecule has 2 N–H and O–H groups in total. The van der Waals surface area contributed by atoms with Gasteiger partial charge in [-0.1, -0.05) is 93.4 Å². The van der Waals surface area contributed by atoms with Crippen LogP contribution in [0.5, 0.6) is 5.75 Å². The molecule has 384 valence electrons. The van der Waals surface area contributed by atoms with E-state index in [0.717, 1.165) is 43.8 Å². The number of nitrogens with zero attached hydrogens (tertiary/aromatic N) is 6. The lowest BCUT2D eigenvalue weighted by molar-refractivity contribution is -0.146. The Labute approximate surface area is 433 Å². The maximum Gasteiger partial charge on any atom is 0.243 e. The van der Waals surface area contributed by atoms with E-state index < -0.39 is 30.6 Å². The molecule has 5 aromatic rings. The summed E-state index contributed by atoms with van der Waals surface area (Å²) < 4.78 is 18.8. The molecule has 17 heteroatoms. The zero-order valence-electron chi connectivity index (χ0n) is 42.7. The Balaban J connectivity index is 0.835. The number of hydrogen-bond acceptors (Lipinski definition) is 12. The van der Waals surface area contributed by atoms with Crippen LogP contribution in [0, 0.1) is 18.3 Å². The predicted octanol–water partition coefficient (Wildman–Crippen LogP) is 8.50. The number of aliphatic hydroxyl groups excluding tert-OH is 1. The number of likely N-dealkylation sites (tertiary alicyclic amines) is 1. The lowest BCUT2D eigenvalue weighted by Crippen LogP contribution is -2.50. The van der Waals surface area contributed by atoms with Crippen molar-refractivity contribution in [3.05, 3.63) is 117 Å². The molecule has 2 fully saturated rings. The molecule has 14 nitrogen and oxygen atoms in total. The fourth-order valence-electron chi connectivity index (χ4n) is 9.67. The van der Waals surface area contributed by atoms with Gasteiger partial charge in [0, 0.05) is 113 Å². The summed E-state index contributed by atoms with van der Waals surface area (Å²) >= 11 is 8.14. The van der Waals surface area contributed by atoms with Gasteiger partial charge in [0.05, 0.1) is 40.0 Å². The molecule has 2 saturated heterocycles. The number of piperazine rings is 1. The maximum atomic E-state index is 14.2. The Morgan fingerprint density at radius 2 is 1.65 bits per heavy atom. The van der Waals surface area contributed by atoms with Crippen molar-refractivity contribution in [3.63, 3.8) is 0 Å². The topological polar surface area (TPSA) is 175 Å². The number of Topliss-reactive ketones (excluding diaryl/α,β-unsaturated/α-hetero) is 1. The number of benzene rings is 3. The Morgan fingerprint density at radius 3 is 2.33 bits per heavy atom. The summed E-state index contributed by atoms with van der Waals surface area (Å²) in [4.78, 5) is 74.8. The number of ketones is 1. The largest absolute Gasteiger partial charge is 0.496 e. The maximum absolute atomic E-state index is 14.2. The number of carbonyl (C=O) groups is 4. The number of nitrogens with one attached hydrogen (secondary N) is 1. The number of unbranched alkanes of at least 4 members (excludes halogenated alkanes) is 2. The van der Waals surface area contributed by atoms with Gasteiger partial charge in [-0.25, -0.2) is 15.0 Å². The standard InChI is InChI=1S/C55H69ClN7O7PS/c1-36-52(72-35-59-36)38-19-17-37(18-20-38)32-58-53(67)47-31-43(65)34-63(47)54(68)44(55(2,3)4)30-42(64)14-9-8-10-16-51(66)62-25-23-61(24-26-62)41-22-21-39(48(29-41)70-5)28-50-57-33-45(56)46(60-50)27-40-13-11-12-15-49(40)71(6,7)69/h11-13,15,17-22,29,33,35,43-44,47,65H,8-10,14,16,23-28,30-32,34H2,1-7H3,(H,58,67)/t43-,44-,47+/m1/s1. The second-order valence-electron chi connectivity index (χ2n) is 20.6. The zero-order chi connectivity index (χ0) is 51.7. The van der Waals surface area contributed by atoms with E-state index in [4.69, 9.17) is 21.3 Å². The third kappa shape index (κ3) is 14.0. The number of aryl methyl sites for hydroxylation is 1. The third-order valence-corrected chi connectivity index (χ3v) is 16.7. The molecule has 3 atom stereocenters. The molecule has 0 bridgehead atoms. The number of ether oxygens (including phenoxy) is 1. The van der Waals surface area contributed by atoms with Crippen molar-refractivity contribution in [2.75, 3.05) is 58.1 Å². The van der Waals surface area contributed by atoms with Crippen LogP contribution in [-0.2, 0) is 43.1 Å². The van der Waals surface area contributed by atoms with Crippen molar-refractivity contribution < 1.29 is 33.6 Å². The van der Waals surface area contributed by atoms with Crippen LogP contribution in [0.15, 0.2) is 78.4 Å². The number of thiazole rings is 1. The molecular formula is C55H69ClN7O7PS. The van der Waals surface area contributed by atoms with E-state index in [9.17, 15) is 28.8 Å². The highest BCUT2D eigenvalue weighted by molar-refractivity contribution is 7.70. The number of aliphatic hydroxyl groups is 1. The summed E-state index contributed by atoms with van der Waals surface area (Å²) in [5, 5.41) is 14.9. The number of carbonyl (C=O) groups excluding carboxylic acids is 4. The van der Waals surface area contributed by atoms with Crippen LogP contribution >= 0.6 is 30.1 Å². The second kappa shape index (κ2) is 24.0. The van der Waals surface area contributed by atoms with Gasteiger partial charge >= 0.3 is 0 Å². The first-order chi connectivity index (χ1) is 34.3. The third-order valence-electron chi connectivity index (χ3n) is 13.8. The minimum Gasteiger partial charge on any atom is -0.496 e. The number of methoxy groups -OCH3 is 1. The SMILES string of the molecule is COc1cc(N2CCN(C(=O)CCCCCC(=O)C[C@H](C(=O)N3C[C@H](O)C[C@H]3C(=O)NCc3ccc(-c4scnc4C)cc3)C(C)(C)C)CC2)ccc1Cc1ncc(Cl)c(Cc2ccccc2P(C)(C)=O)n1. The van der Waals surface area contributed by atoms with Crippen LogP contribution in [0.25, 0.3) is 10.4 Å². The Hall–Kier alpha value is -5.47. The van der Waals surface area contributed by atoms with E-state index >= 15 is 0 Å². The molecule has 0 radical (unpaired) electrons. The van der Waals surface area contributed by atoms with E-state index in [0.29, 0.717) is 93.4 Å². The molecule has 0 unspecified atom stereocenters. The summed E-state index contributed by atoms with van der Waals surface area (Å²) in [6, 6.07) is 20.9. The first-order valence-corrected chi connectivity index (χ1v) is 28.8. The van der Waals surface area contributed by atoms with Gasteiger partial charge in [0.1, 0.15) is 30.5 Å². The predicted molar refractivity (Wildman–Crippen MR) is 286 cm³/mol. The number of anilines is 1. The van der Waals surface area contributed by atoms with E-state index in [1.165, 1.54) is 4.90 Å². The van der Waals surface area contributed by atoms with Gasteiger partial charge in [0.15, 0.2) is 0 Å².